The average Bonchev–Trinajstić information content (AvgIpc) is 2.72. The lowest BCUT2D eigenvalue weighted by Crippen LogP contribution is -2.17. The Kier molecular flexibility index (Phi) is 2.83. The molecule has 2 unspecified atom stereocenters. The smallest absolute Gasteiger partial charge is 0.295 e. The second kappa shape index (κ2) is 4.10. The molecule has 2 rings (SSSR count). The number of rotatable bonds is 3. The molecule has 0 saturated carbocycles. The maximum absolute atomic E-state index is 5.47. The molecule has 1 saturated heterocycles. The number of hydrogen-bond acceptors (Lipinski definition) is 6. The number of nitrogen functional groups attached to an aromatic ring is 1. The van der Waals surface area contributed by atoms with Crippen LogP contribution in [0.4, 0.5) is 5.13 Å². The van der Waals surface area contributed by atoms with Gasteiger partial charge in [0.1, 0.15) is 0 Å². The van der Waals surface area contributed by atoms with Gasteiger partial charge in [-0.05, 0) is 17.3 Å². The predicted molar refractivity (Wildman–Crippen MR) is 53.3 cm³/mol. The molecule has 1 aliphatic rings. The molecular weight excluding hydrogens is 202 g/mol. The Morgan fingerprint density at radius 2 is 2.43 bits per heavy atom. The van der Waals surface area contributed by atoms with Gasteiger partial charge in [-0.2, -0.15) is 0 Å². The molecule has 1 aromatic rings. The highest BCUT2D eigenvalue weighted by atomic mass is 32.1. The minimum absolute atomic E-state index is 0.440. The van der Waals surface area contributed by atoms with Gasteiger partial charge in [0.15, 0.2) is 0 Å². The zero-order valence-electron chi connectivity index (χ0n) is 7.97. The van der Waals surface area contributed by atoms with Crippen molar-refractivity contribution in [1.29, 1.82) is 0 Å². The van der Waals surface area contributed by atoms with Crippen LogP contribution in [0, 0.1) is 11.8 Å². The van der Waals surface area contributed by atoms with E-state index in [2.05, 4.69) is 17.1 Å². The van der Waals surface area contributed by atoms with Gasteiger partial charge in [-0.1, -0.05) is 12.0 Å². The first-order chi connectivity index (χ1) is 6.75. The summed E-state index contributed by atoms with van der Waals surface area (Å²) < 4.78 is 10.8. The minimum atomic E-state index is 0.440. The standard InChI is InChI=1S/C8H13N3O2S/c1-5-2-12-3-6(5)4-13-8-11-10-7(9)14-8/h5-6H,2-4H2,1H3,(H2,9,10). The Morgan fingerprint density at radius 1 is 1.57 bits per heavy atom. The van der Waals surface area contributed by atoms with Crippen molar-refractivity contribution < 1.29 is 9.47 Å². The lowest BCUT2D eigenvalue weighted by molar-refractivity contribution is 0.166. The quantitative estimate of drug-likeness (QED) is 0.807. The summed E-state index contributed by atoms with van der Waals surface area (Å²) >= 11 is 1.26. The molecule has 2 atom stereocenters. The molecule has 1 fully saturated rings. The normalized spacial score (nSPS) is 26.6. The fourth-order valence-corrected chi connectivity index (χ4v) is 1.84. The highest BCUT2D eigenvalue weighted by molar-refractivity contribution is 7.16. The molecule has 2 N–H and O–H groups in total. The molecule has 0 spiro atoms. The summed E-state index contributed by atoms with van der Waals surface area (Å²) in [5, 5.41) is 8.44. The molecule has 1 aromatic heterocycles. The van der Waals surface area contributed by atoms with E-state index in [0.717, 1.165) is 13.2 Å². The molecule has 0 radical (unpaired) electrons. The van der Waals surface area contributed by atoms with Gasteiger partial charge in [0.05, 0.1) is 13.2 Å². The van der Waals surface area contributed by atoms with Crippen LogP contribution in [0.5, 0.6) is 5.19 Å². The minimum Gasteiger partial charge on any atom is -0.468 e. The monoisotopic (exact) mass is 215 g/mol. The first kappa shape index (κ1) is 9.67. The predicted octanol–water partition coefficient (Wildman–Crippen LogP) is 0.782. The lowest BCUT2D eigenvalue weighted by atomic mass is 10.00. The van der Waals surface area contributed by atoms with Gasteiger partial charge in [0, 0.05) is 12.5 Å². The van der Waals surface area contributed by atoms with Gasteiger partial charge in [-0.15, -0.1) is 5.10 Å². The maximum Gasteiger partial charge on any atom is 0.295 e. The van der Waals surface area contributed by atoms with Gasteiger partial charge < -0.3 is 15.2 Å². The van der Waals surface area contributed by atoms with Crippen LogP contribution >= 0.6 is 11.3 Å². The van der Waals surface area contributed by atoms with E-state index in [1.165, 1.54) is 11.3 Å². The fourth-order valence-electron chi connectivity index (χ4n) is 1.38. The van der Waals surface area contributed by atoms with Gasteiger partial charge in [-0.3, -0.25) is 0 Å². The summed E-state index contributed by atoms with van der Waals surface area (Å²) in [5.74, 6) is 1.01. The third-order valence-electron chi connectivity index (χ3n) is 2.36. The SMILES string of the molecule is CC1COCC1COc1nnc(N)s1. The van der Waals surface area contributed by atoms with Gasteiger partial charge in [0.25, 0.3) is 5.19 Å². The van der Waals surface area contributed by atoms with Crippen molar-refractivity contribution in [2.45, 2.75) is 6.92 Å². The van der Waals surface area contributed by atoms with Gasteiger partial charge in [-0.25, -0.2) is 0 Å². The van der Waals surface area contributed by atoms with E-state index >= 15 is 0 Å². The summed E-state index contributed by atoms with van der Waals surface area (Å²) in [6.45, 7) is 4.40. The van der Waals surface area contributed by atoms with Crippen molar-refractivity contribution in [1.82, 2.24) is 10.2 Å². The average molecular weight is 215 g/mol. The summed E-state index contributed by atoms with van der Waals surface area (Å²) in [6, 6.07) is 0. The second-order valence-electron chi connectivity index (χ2n) is 3.49. The van der Waals surface area contributed by atoms with Crippen LogP contribution in [0.25, 0.3) is 0 Å². The summed E-state index contributed by atoms with van der Waals surface area (Å²) in [7, 11) is 0. The number of anilines is 1. The Hall–Kier alpha value is -0.880. The molecule has 6 heteroatoms. The molecule has 1 aliphatic heterocycles. The first-order valence-corrected chi connectivity index (χ1v) is 5.37. The van der Waals surface area contributed by atoms with E-state index < -0.39 is 0 Å². The highest BCUT2D eigenvalue weighted by Gasteiger charge is 2.25. The van der Waals surface area contributed by atoms with Crippen molar-refractivity contribution in [3.05, 3.63) is 0 Å². The van der Waals surface area contributed by atoms with Crippen LogP contribution in [0.3, 0.4) is 0 Å². The van der Waals surface area contributed by atoms with Crippen molar-refractivity contribution >= 4 is 16.5 Å². The number of aromatic nitrogens is 2. The number of hydrogen-bond donors (Lipinski definition) is 1. The fraction of sp³-hybridized carbons (Fsp3) is 0.750. The van der Waals surface area contributed by atoms with E-state index in [4.69, 9.17) is 15.2 Å². The zero-order valence-corrected chi connectivity index (χ0v) is 8.79. The molecule has 2 heterocycles. The second-order valence-corrected chi connectivity index (χ2v) is 4.46. The Bertz CT molecular complexity index is 305. The van der Waals surface area contributed by atoms with Crippen molar-refractivity contribution in [2.75, 3.05) is 25.6 Å². The van der Waals surface area contributed by atoms with Crippen LogP contribution in [-0.2, 0) is 4.74 Å². The van der Waals surface area contributed by atoms with E-state index in [-0.39, 0.29) is 0 Å². The van der Waals surface area contributed by atoms with Crippen molar-refractivity contribution in [3.63, 3.8) is 0 Å². The van der Waals surface area contributed by atoms with E-state index in [1.807, 2.05) is 0 Å². The summed E-state index contributed by atoms with van der Waals surface area (Å²) in [5.41, 5.74) is 5.43. The topological polar surface area (TPSA) is 70.3 Å². The molecule has 78 valence electrons. The van der Waals surface area contributed by atoms with Crippen LogP contribution in [0.1, 0.15) is 6.92 Å². The van der Waals surface area contributed by atoms with E-state index in [1.54, 1.807) is 0 Å². The number of nitrogens with two attached hydrogens (primary N) is 1. The van der Waals surface area contributed by atoms with Gasteiger partial charge in [0.2, 0.25) is 5.13 Å². The molecule has 0 aliphatic carbocycles. The molecular formula is C8H13N3O2S. The van der Waals surface area contributed by atoms with E-state index in [0.29, 0.717) is 28.8 Å². The Labute approximate surface area is 86.2 Å². The van der Waals surface area contributed by atoms with Crippen molar-refractivity contribution in [3.8, 4) is 5.19 Å². The van der Waals surface area contributed by atoms with Crippen molar-refractivity contribution in [2.24, 2.45) is 11.8 Å². The third kappa shape index (κ3) is 2.13. The van der Waals surface area contributed by atoms with Crippen LogP contribution in [0.2, 0.25) is 0 Å². The van der Waals surface area contributed by atoms with Crippen LogP contribution in [0.15, 0.2) is 0 Å². The Balaban J connectivity index is 1.82. The molecule has 0 bridgehead atoms. The third-order valence-corrected chi connectivity index (χ3v) is 3.03. The highest BCUT2D eigenvalue weighted by Crippen LogP contribution is 2.23. The summed E-state index contributed by atoms with van der Waals surface area (Å²) in [6.07, 6.45) is 0. The summed E-state index contributed by atoms with van der Waals surface area (Å²) in [4.78, 5) is 0. The molecule has 0 amide bonds. The zero-order chi connectivity index (χ0) is 9.97. The molecule has 5 nitrogen and oxygen atoms in total. The number of nitrogens with zero attached hydrogens (tertiary/aromatic N) is 2. The van der Waals surface area contributed by atoms with Crippen LogP contribution in [-0.4, -0.2) is 30.0 Å². The number of ether oxygens (including phenoxy) is 2. The van der Waals surface area contributed by atoms with Gasteiger partial charge >= 0.3 is 0 Å². The largest absolute Gasteiger partial charge is 0.468 e. The molecule has 14 heavy (non-hydrogen) atoms. The lowest BCUT2D eigenvalue weighted by Gasteiger charge is -2.11. The maximum atomic E-state index is 5.47. The van der Waals surface area contributed by atoms with Crippen LogP contribution < -0.4 is 10.5 Å². The Morgan fingerprint density at radius 3 is 3.00 bits per heavy atom. The molecule has 0 aromatic carbocycles. The first-order valence-electron chi connectivity index (χ1n) is 4.55. The van der Waals surface area contributed by atoms with E-state index in [9.17, 15) is 0 Å².